The van der Waals surface area contributed by atoms with E-state index in [9.17, 15) is 19.5 Å². The Balaban J connectivity index is -0.000000709. The average molecular weight is 392 g/mol. The molecule has 0 unspecified atom stereocenters. The summed E-state index contributed by atoms with van der Waals surface area (Å²) < 4.78 is 4.85. The second-order valence-electron chi connectivity index (χ2n) is 6.09. The van der Waals surface area contributed by atoms with E-state index in [4.69, 9.17) is 9.84 Å². The van der Waals surface area contributed by atoms with Gasteiger partial charge in [0.05, 0.1) is 12.6 Å². The van der Waals surface area contributed by atoms with Gasteiger partial charge in [-0.15, -0.1) is 0 Å². The minimum atomic E-state index is -1.39. The van der Waals surface area contributed by atoms with Crippen LogP contribution in [0.15, 0.2) is 24.3 Å². The summed E-state index contributed by atoms with van der Waals surface area (Å²) in [6.45, 7) is 7.18. The van der Waals surface area contributed by atoms with Gasteiger partial charge < -0.3 is 19.7 Å². The van der Waals surface area contributed by atoms with Crippen LogP contribution in [0.25, 0.3) is 0 Å². The van der Waals surface area contributed by atoms with Crippen molar-refractivity contribution in [2.24, 2.45) is 0 Å². The van der Waals surface area contributed by atoms with E-state index < -0.39 is 17.9 Å². The molecule has 0 bridgehead atoms. The van der Waals surface area contributed by atoms with Crippen molar-refractivity contribution in [2.75, 3.05) is 6.61 Å². The Morgan fingerprint density at radius 1 is 0.926 bits per heavy atom. The summed E-state index contributed by atoms with van der Waals surface area (Å²) in [4.78, 5) is 30.7. The fraction of sp³-hybridized carbons (Fsp3) is 0.650. The van der Waals surface area contributed by atoms with Crippen LogP contribution in [0, 0.1) is 0 Å². The molecule has 0 fully saturated rings. The van der Waals surface area contributed by atoms with Crippen molar-refractivity contribution >= 4 is 17.9 Å². The van der Waals surface area contributed by atoms with E-state index in [0.29, 0.717) is 12.7 Å². The van der Waals surface area contributed by atoms with Crippen LogP contribution in [0.3, 0.4) is 0 Å². The largest absolute Gasteiger partial charge is 1.00 e. The Bertz CT molecular complexity index is 434. The molecule has 1 N–H and O–H groups in total. The smallest absolute Gasteiger partial charge is 0.545 e. The van der Waals surface area contributed by atoms with Crippen LogP contribution in [0.2, 0.25) is 0 Å². The second kappa shape index (κ2) is 22.9. The minimum absolute atomic E-state index is 0. The van der Waals surface area contributed by atoms with Crippen molar-refractivity contribution in [3.8, 4) is 0 Å². The number of carbonyl (C=O) groups is 3. The fourth-order valence-corrected chi connectivity index (χ4v) is 1.95. The first-order chi connectivity index (χ1) is 12.3. The van der Waals surface area contributed by atoms with Gasteiger partial charge >= 0.3 is 41.5 Å². The molecule has 0 heterocycles. The number of hydrogen-bond donors (Lipinski definition) is 1. The number of carboxylic acids is 2. The number of carbonyl (C=O) groups excluding carboxylic acids is 2. The molecule has 7 heteroatoms. The molecule has 0 saturated carbocycles. The Morgan fingerprint density at radius 3 is 1.70 bits per heavy atom. The predicted octanol–water partition coefficient (Wildman–Crippen LogP) is 0.408. The molecule has 0 radical (unpaired) electrons. The summed E-state index contributed by atoms with van der Waals surface area (Å²) in [5, 5.41) is 17.9. The van der Waals surface area contributed by atoms with Crippen molar-refractivity contribution in [3.63, 3.8) is 0 Å². The Hall–Kier alpha value is -1.11. The van der Waals surface area contributed by atoms with Crippen molar-refractivity contribution in [2.45, 2.75) is 78.1 Å². The summed E-state index contributed by atoms with van der Waals surface area (Å²) in [6.07, 6.45) is 13.8. The van der Waals surface area contributed by atoms with E-state index in [2.05, 4.69) is 13.5 Å². The Morgan fingerprint density at radius 2 is 1.33 bits per heavy atom. The van der Waals surface area contributed by atoms with E-state index >= 15 is 0 Å². The van der Waals surface area contributed by atoms with Crippen LogP contribution in [-0.2, 0) is 19.1 Å². The molecule has 0 aromatic heterocycles. The number of ether oxygens (including phenoxy) is 1. The molecule has 0 aliphatic heterocycles. The summed E-state index contributed by atoms with van der Waals surface area (Å²) >= 11 is 0. The molecular weight excluding hydrogens is 359 g/mol. The summed E-state index contributed by atoms with van der Waals surface area (Å²) in [5.74, 6) is -2.94. The topological polar surface area (TPSA) is 104 Å². The normalized spacial score (nSPS) is 9.70. The van der Waals surface area contributed by atoms with Crippen molar-refractivity contribution in [1.82, 2.24) is 0 Å². The van der Waals surface area contributed by atoms with Crippen LogP contribution in [0.1, 0.15) is 78.1 Å². The van der Waals surface area contributed by atoms with Gasteiger partial charge in [0, 0.05) is 11.6 Å². The third-order valence-corrected chi connectivity index (χ3v) is 3.46. The van der Waals surface area contributed by atoms with Crippen LogP contribution < -0.4 is 34.7 Å². The number of rotatable bonds is 14. The van der Waals surface area contributed by atoms with Gasteiger partial charge in [-0.2, -0.15) is 0 Å². The first-order valence-corrected chi connectivity index (χ1v) is 9.25. The van der Waals surface area contributed by atoms with E-state index in [0.717, 1.165) is 18.9 Å². The molecule has 0 atom stereocenters. The Labute approximate surface area is 185 Å². The molecule has 0 aliphatic carbocycles. The van der Waals surface area contributed by atoms with Gasteiger partial charge in [0.2, 0.25) is 0 Å². The van der Waals surface area contributed by atoms with E-state index in [1.165, 1.54) is 58.3 Å². The fourth-order valence-electron chi connectivity index (χ4n) is 1.95. The molecule has 150 valence electrons. The standard InChI is InChI=1S/C16H28O4.C4H6O2.Na/c1-2-3-4-5-6-7-8-9-10-11-14-20-16(19)13-12-15(17)18;1-3(2)4(5)6;/h12-13H,2-11,14H2,1H3,(H,17,18);1H2,2H3,(H,5,6);/q;;+1/p-1/b13-12-;;. The average Bonchev–Trinajstić information content (AvgIpc) is 2.58. The molecule has 0 aromatic carbocycles. The molecule has 0 saturated heterocycles. The minimum Gasteiger partial charge on any atom is -0.545 e. The van der Waals surface area contributed by atoms with E-state index in [1.807, 2.05) is 0 Å². The molecule has 0 amide bonds. The SMILES string of the molecule is C=C(C)C(=O)O.CCCCCCCCCCCCOC(=O)/C=C\C(=O)[O-].[Na+]. The zero-order chi connectivity index (χ0) is 20.2. The van der Waals surface area contributed by atoms with Crippen molar-refractivity contribution in [3.05, 3.63) is 24.3 Å². The molecule has 27 heavy (non-hydrogen) atoms. The first-order valence-electron chi connectivity index (χ1n) is 9.25. The summed E-state index contributed by atoms with van der Waals surface area (Å²) in [6, 6.07) is 0. The van der Waals surface area contributed by atoms with Gasteiger partial charge in [0.1, 0.15) is 0 Å². The number of carboxylic acid groups (broad SMARTS) is 2. The third kappa shape index (κ3) is 29.9. The van der Waals surface area contributed by atoms with Gasteiger partial charge in [-0.05, 0) is 19.4 Å². The maximum atomic E-state index is 11.0. The third-order valence-electron chi connectivity index (χ3n) is 3.46. The first kappa shape index (κ1) is 30.6. The van der Waals surface area contributed by atoms with Crippen molar-refractivity contribution < 1.29 is 58.9 Å². The predicted molar refractivity (Wildman–Crippen MR) is 99.4 cm³/mol. The summed E-state index contributed by atoms with van der Waals surface area (Å²) in [5.41, 5.74) is 0.176. The van der Waals surface area contributed by atoms with E-state index in [-0.39, 0.29) is 35.1 Å². The Kier molecular flexibility index (Phi) is 26.0. The van der Waals surface area contributed by atoms with Crippen molar-refractivity contribution in [1.29, 1.82) is 0 Å². The number of unbranched alkanes of at least 4 members (excludes halogenated alkanes) is 9. The second-order valence-corrected chi connectivity index (χ2v) is 6.09. The molecule has 0 rings (SSSR count). The van der Waals surface area contributed by atoms with E-state index in [1.54, 1.807) is 0 Å². The monoisotopic (exact) mass is 392 g/mol. The van der Waals surface area contributed by atoms with Crippen LogP contribution in [0.5, 0.6) is 0 Å². The van der Waals surface area contributed by atoms with Crippen LogP contribution >= 0.6 is 0 Å². The number of esters is 1. The summed E-state index contributed by atoms with van der Waals surface area (Å²) in [7, 11) is 0. The number of aliphatic carboxylic acids is 2. The van der Waals surface area contributed by atoms with Gasteiger partial charge in [0.15, 0.2) is 0 Å². The maximum absolute atomic E-state index is 11.0. The quantitative estimate of drug-likeness (QED) is 0.199. The molecule has 0 aromatic rings. The zero-order valence-electron chi connectivity index (χ0n) is 17.1. The molecular formula is C20H33NaO6. The molecule has 6 nitrogen and oxygen atoms in total. The van der Waals surface area contributed by atoms with Crippen LogP contribution in [0.4, 0.5) is 0 Å². The van der Waals surface area contributed by atoms with Gasteiger partial charge in [-0.1, -0.05) is 71.3 Å². The van der Waals surface area contributed by atoms with Gasteiger partial charge in [-0.3, -0.25) is 0 Å². The van der Waals surface area contributed by atoms with Crippen LogP contribution in [-0.4, -0.2) is 29.6 Å². The van der Waals surface area contributed by atoms with Gasteiger partial charge in [-0.25, -0.2) is 9.59 Å². The molecule has 0 aliphatic rings. The van der Waals surface area contributed by atoms with Gasteiger partial charge in [0.25, 0.3) is 0 Å². The molecule has 0 spiro atoms. The maximum Gasteiger partial charge on any atom is 1.00 e. The zero-order valence-corrected chi connectivity index (χ0v) is 19.1. The number of hydrogen-bond acceptors (Lipinski definition) is 5.